The molecule has 2 aromatic rings. The largest absolute Gasteiger partial charge is 0.352 e. The number of nitrogens with zero attached hydrogens (tertiary/aromatic N) is 2. The topological polar surface area (TPSA) is 86.8 Å². The minimum atomic E-state index is -3.63. The van der Waals surface area contributed by atoms with Crippen LogP contribution >= 0.6 is 34.8 Å². The Balaban J connectivity index is 1.80. The van der Waals surface area contributed by atoms with Gasteiger partial charge in [0.2, 0.25) is 21.8 Å². The lowest BCUT2D eigenvalue weighted by Gasteiger charge is -2.33. The third-order valence-corrected chi connectivity index (χ3v) is 9.42. The Bertz CT molecular complexity index is 1300. The van der Waals surface area contributed by atoms with Gasteiger partial charge in [0.15, 0.2) is 0 Å². The zero-order chi connectivity index (χ0) is 29.4. The number of benzene rings is 2. The molecule has 2 amide bonds. The van der Waals surface area contributed by atoms with Gasteiger partial charge in [-0.15, -0.1) is 0 Å². The smallest absolute Gasteiger partial charge is 0.243 e. The first-order chi connectivity index (χ1) is 18.9. The number of aryl methyl sites for hydroxylation is 1. The number of amides is 2. The third-order valence-electron chi connectivity index (χ3n) is 7.27. The highest BCUT2D eigenvalue weighted by atomic mass is 35.5. The van der Waals surface area contributed by atoms with E-state index in [0.29, 0.717) is 27.2 Å². The van der Waals surface area contributed by atoms with Crippen LogP contribution in [-0.2, 0) is 26.2 Å². The van der Waals surface area contributed by atoms with Crippen LogP contribution in [0.4, 0.5) is 5.69 Å². The first-order valence-electron chi connectivity index (χ1n) is 13.7. The van der Waals surface area contributed by atoms with Gasteiger partial charge < -0.3 is 10.2 Å². The quantitative estimate of drug-likeness (QED) is 0.281. The van der Waals surface area contributed by atoms with Crippen molar-refractivity contribution in [3.05, 3.63) is 62.6 Å². The van der Waals surface area contributed by atoms with Crippen molar-refractivity contribution in [2.45, 2.75) is 83.8 Å². The molecule has 1 saturated carbocycles. The van der Waals surface area contributed by atoms with Crippen LogP contribution in [0.15, 0.2) is 36.4 Å². The summed E-state index contributed by atoms with van der Waals surface area (Å²) in [6.45, 7) is 3.96. The number of carbonyl (C=O) groups excluding carboxylic acids is 2. The van der Waals surface area contributed by atoms with Crippen LogP contribution in [0.5, 0.6) is 0 Å². The van der Waals surface area contributed by atoms with Crippen molar-refractivity contribution in [2.24, 2.45) is 0 Å². The molecule has 1 aliphatic carbocycles. The second kappa shape index (κ2) is 14.8. The zero-order valence-electron chi connectivity index (χ0n) is 23.3. The van der Waals surface area contributed by atoms with E-state index >= 15 is 0 Å². The summed E-state index contributed by atoms with van der Waals surface area (Å²) in [5.41, 5.74) is 1.99. The standard InChI is InChI=1S/C29H38Cl3N3O4S/c1-4-26(29(37)33-23-9-6-5-7-10-23)34(19-21-13-15-24(31)25(32)17-21)28(36)11-8-16-35(40(3,38)39)27-18-22(30)14-12-20(27)2/h12-15,17-18,23,26H,4-11,16,19H2,1-3H3,(H,33,37)/t26-/m1/s1. The Morgan fingerprint density at radius 3 is 2.35 bits per heavy atom. The first kappa shape index (κ1) is 32.5. The van der Waals surface area contributed by atoms with Gasteiger partial charge in [0.05, 0.1) is 22.0 Å². The molecule has 0 heterocycles. The van der Waals surface area contributed by atoms with Gasteiger partial charge in [-0.2, -0.15) is 0 Å². The molecule has 220 valence electrons. The van der Waals surface area contributed by atoms with E-state index in [1.54, 1.807) is 41.3 Å². The molecule has 11 heteroatoms. The van der Waals surface area contributed by atoms with E-state index in [4.69, 9.17) is 34.8 Å². The summed E-state index contributed by atoms with van der Waals surface area (Å²) in [6.07, 6.45) is 7.09. The molecule has 1 atom stereocenters. The van der Waals surface area contributed by atoms with Crippen LogP contribution in [0.3, 0.4) is 0 Å². The molecule has 0 aliphatic heterocycles. The predicted octanol–water partition coefficient (Wildman–Crippen LogP) is 6.76. The number of hydrogen-bond acceptors (Lipinski definition) is 4. The van der Waals surface area contributed by atoms with Crippen molar-refractivity contribution in [3.8, 4) is 0 Å². The zero-order valence-corrected chi connectivity index (χ0v) is 26.3. The monoisotopic (exact) mass is 629 g/mol. The van der Waals surface area contributed by atoms with E-state index < -0.39 is 16.1 Å². The molecule has 0 saturated heterocycles. The highest BCUT2D eigenvalue weighted by Gasteiger charge is 2.30. The molecule has 7 nitrogen and oxygen atoms in total. The van der Waals surface area contributed by atoms with Gasteiger partial charge in [0.25, 0.3) is 0 Å². The van der Waals surface area contributed by atoms with E-state index in [1.165, 1.54) is 10.7 Å². The number of nitrogens with one attached hydrogen (secondary N) is 1. The fraction of sp³-hybridized carbons (Fsp3) is 0.517. The van der Waals surface area contributed by atoms with E-state index in [-0.39, 0.29) is 43.8 Å². The molecule has 0 bridgehead atoms. The number of halogens is 3. The second-order valence-electron chi connectivity index (χ2n) is 10.4. The van der Waals surface area contributed by atoms with Crippen LogP contribution in [0.1, 0.15) is 69.4 Å². The molecule has 1 N–H and O–H groups in total. The summed E-state index contributed by atoms with van der Waals surface area (Å²) >= 11 is 18.5. The minimum Gasteiger partial charge on any atom is -0.352 e. The predicted molar refractivity (Wildman–Crippen MR) is 164 cm³/mol. The molecular weight excluding hydrogens is 593 g/mol. The fourth-order valence-electron chi connectivity index (χ4n) is 5.13. The maximum Gasteiger partial charge on any atom is 0.243 e. The van der Waals surface area contributed by atoms with Crippen LogP contribution in [0.25, 0.3) is 0 Å². The molecule has 0 spiro atoms. The molecule has 40 heavy (non-hydrogen) atoms. The number of hydrogen-bond donors (Lipinski definition) is 1. The summed E-state index contributed by atoms with van der Waals surface area (Å²) < 4.78 is 26.6. The Morgan fingerprint density at radius 1 is 1.02 bits per heavy atom. The van der Waals surface area contributed by atoms with Crippen LogP contribution in [0.2, 0.25) is 15.1 Å². The van der Waals surface area contributed by atoms with Crippen molar-refractivity contribution >= 4 is 62.3 Å². The molecular formula is C29H38Cl3N3O4S. The Hall–Kier alpha value is -2.00. The molecule has 0 aromatic heterocycles. The van der Waals surface area contributed by atoms with Crippen molar-refractivity contribution in [1.29, 1.82) is 0 Å². The van der Waals surface area contributed by atoms with Gasteiger partial charge in [-0.05, 0) is 68.0 Å². The summed E-state index contributed by atoms with van der Waals surface area (Å²) in [7, 11) is -3.63. The SMILES string of the molecule is CC[C@H](C(=O)NC1CCCCC1)N(Cc1ccc(Cl)c(Cl)c1)C(=O)CCCN(c1cc(Cl)ccc1C)S(C)(=O)=O. The van der Waals surface area contributed by atoms with Gasteiger partial charge in [-0.25, -0.2) is 8.42 Å². The maximum atomic E-state index is 13.7. The average molecular weight is 631 g/mol. The lowest BCUT2D eigenvalue weighted by Crippen LogP contribution is -2.51. The highest BCUT2D eigenvalue weighted by molar-refractivity contribution is 7.92. The van der Waals surface area contributed by atoms with Crippen LogP contribution in [0, 0.1) is 6.92 Å². The van der Waals surface area contributed by atoms with Crippen molar-refractivity contribution in [1.82, 2.24) is 10.2 Å². The number of anilines is 1. The summed E-state index contributed by atoms with van der Waals surface area (Å²) in [4.78, 5) is 28.7. The van der Waals surface area contributed by atoms with Gasteiger partial charge >= 0.3 is 0 Å². The van der Waals surface area contributed by atoms with Gasteiger partial charge in [-0.1, -0.05) is 73.1 Å². The van der Waals surface area contributed by atoms with E-state index in [9.17, 15) is 18.0 Å². The Kier molecular flexibility index (Phi) is 12.0. The normalized spacial score (nSPS) is 14.9. The lowest BCUT2D eigenvalue weighted by atomic mass is 9.95. The molecule has 2 aromatic carbocycles. The van der Waals surface area contributed by atoms with E-state index in [1.807, 2.05) is 13.8 Å². The molecule has 3 rings (SSSR count). The summed E-state index contributed by atoms with van der Waals surface area (Å²) in [5.74, 6) is -0.414. The van der Waals surface area contributed by atoms with E-state index in [2.05, 4.69) is 5.32 Å². The maximum absolute atomic E-state index is 13.7. The molecule has 0 radical (unpaired) electrons. The van der Waals surface area contributed by atoms with Crippen LogP contribution in [-0.4, -0.2) is 50.0 Å². The Morgan fingerprint density at radius 2 is 1.73 bits per heavy atom. The minimum absolute atomic E-state index is 0.0557. The third kappa shape index (κ3) is 9.00. The summed E-state index contributed by atoms with van der Waals surface area (Å²) in [6, 6.07) is 9.66. The van der Waals surface area contributed by atoms with E-state index in [0.717, 1.165) is 43.1 Å². The molecule has 0 unspecified atom stereocenters. The van der Waals surface area contributed by atoms with Gasteiger partial charge in [0, 0.05) is 30.6 Å². The number of rotatable bonds is 12. The average Bonchev–Trinajstić information content (AvgIpc) is 2.90. The van der Waals surface area contributed by atoms with Crippen molar-refractivity contribution < 1.29 is 18.0 Å². The number of carbonyl (C=O) groups is 2. The van der Waals surface area contributed by atoms with Crippen molar-refractivity contribution in [2.75, 3.05) is 17.1 Å². The van der Waals surface area contributed by atoms with Crippen LogP contribution < -0.4 is 9.62 Å². The Labute approximate surface area is 253 Å². The highest BCUT2D eigenvalue weighted by Crippen LogP contribution is 2.28. The number of sulfonamides is 1. The van der Waals surface area contributed by atoms with Gasteiger partial charge in [-0.3, -0.25) is 13.9 Å². The van der Waals surface area contributed by atoms with Gasteiger partial charge in [0.1, 0.15) is 6.04 Å². The lowest BCUT2D eigenvalue weighted by molar-refractivity contribution is -0.141. The summed E-state index contributed by atoms with van der Waals surface area (Å²) in [5, 5.41) is 4.36. The molecule has 1 fully saturated rings. The second-order valence-corrected chi connectivity index (χ2v) is 13.6. The molecule has 1 aliphatic rings. The fourth-order valence-corrected chi connectivity index (χ4v) is 6.63. The first-order valence-corrected chi connectivity index (χ1v) is 16.7. The van der Waals surface area contributed by atoms with Crippen molar-refractivity contribution in [3.63, 3.8) is 0 Å².